The summed E-state index contributed by atoms with van der Waals surface area (Å²) < 4.78 is 4.85. The van der Waals surface area contributed by atoms with Crippen molar-refractivity contribution in [2.75, 3.05) is 20.7 Å². The number of carbonyl (C=O) groups is 1. The summed E-state index contributed by atoms with van der Waals surface area (Å²) in [4.78, 5) is 21.5. The molecule has 0 saturated carbocycles. The predicted molar refractivity (Wildman–Crippen MR) is 55.4 cm³/mol. The number of esters is 1. The molecule has 5 heteroatoms. The second-order valence-electron chi connectivity index (χ2n) is 3.32. The zero-order chi connectivity index (χ0) is 11.3. The Morgan fingerprint density at radius 3 is 2.87 bits per heavy atom. The Bertz CT molecular complexity index is 339. The fourth-order valence-electron chi connectivity index (χ4n) is 1.08. The fourth-order valence-corrected chi connectivity index (χ4v) is 1.08. The van der Waals surface area contributed by atoms with Crippen molar-refractivity contribution in [3.8, 4) is 0 Å². The lowest BCUT2D eigenvalue weighted by Crippen LogP contribution is -2.15. The van der Waals surface area contributed by atoms with Crippen molar-refractivity contribution in [3.05, 3.63) is 23.8 Å². The quantitative estimate of drug-likeness (QED) is 0.684. The van der Waals surface area contributed by atoms with E-state index < -0.39 is 5.97 Å². The molecule has 1 aromatic rings. The van der Waals surface area contributed by atoms with Crippen LogP contribution in [-0.2, 0) is 11.3 Å². The second-order valence-corrected chi connectivity index (χ2v) is 3.32. The van der Waals surface area contributed by atoms with Crippen molar-refractivity contribution >= 4 is 5.97 Å². The standard InChI is InChI=1S/C10H15N3O2/c1-4-15-10(14)8-5-6-11-9(12-8)7-13(2)3/h5-6H,4,7H2,1-3H3. The van der Waals surface area contributed by atoms with Crippen LogP contribution in [0.1, 0.15) is 23.2 Å². The molecule has 15 heavy (non-hydrogen) atoms. The van der Waals surface area contributed by atoms with E-state index >= 15 is 0 Å². The minimum Gasteiger partial charge on any atom is -0.461 e. The third-order valence-corrected chi connectivity index (χ3v) is 1.65. The lowest BCUT2D eigenvalue weighted by atomic mass is 10.4. The second kappa shape index (κ2) is 5.41. The van der Waals surface area contributed by atoms with Gasteiger partial charge in [-0.15, -0.1) is 0 Å². The fraction of sp³-hybridized carbons (Fsp3) is 0.500. The van der Waals surface area contributed by atoms with Crippen LogP contribution in [-0.4, -0.2) is 41.5 Å². The van der Waals surface area contributed by atoms with E-state index in [9.17, 15) is 4.79 Å². The van der Waals surface area contributed by atoms with Gasteiger partial charge in [0.05, 0.1) is 13.2 Å². The van der Waals surface area contributed by atoms with E-state index in [1.54, 1.807) is 19.2 Å². The molecule has 82 valence electrons. The topological polar surface area (TPSA) is 55.3 Å². The number of ether oxygens (including phenoxy) is 1. The summed E-state index contributed by atoms with van der Waals surface area (Å²) in [6, 6.07) is 1.55. The molecule has 0 N–H and O–H groups in total. The van der Waals surface area contributed by atoms with Crippen LogP contribution < -0.4 is 0 Å². The number of carbonyl (C=O) groups excluding carboxylic acids is 1. The normalized spacial score (nSPS) is 10.4. The lowest BCUT2D eigenvalue weighted by Gasteiger charge is -2.08. The van der Waals surface area contributed by atoms with E-state index in [1.807, 2.05) is 19.0 Å². The number of aromatic nitrogens is 2. The first-order chi connectivity index (χ1) is 7.13. The van der Waals surface area contributed by atoms with Crippen LogP contribution in [0.2, 0.25) is 0 Å². The largest absolute Gasteiger partial charge is 0.461 e. The molecule has 1 aromatic heterocycles. The molecular formula is C10H15N3O2. The van der Waals surface area contributed by atoms with Crippen LogP contribution in [0.3, 0.4) is 0 Å². The molecule has 0 amide bonds. The summed E-state index contributed by atoms with van der Waals surface area (Å²) in [7, 11) is 3.83. The van der Waals surface area contributed by atoms with Crippen molar-refractivity contribution in [1.29, 1.82) is 0 Å². The molecule has 0 aliphatic rings. The van der Waals surface area contributed by atoms with Gasteiger partial charge in [0.2, 0.25) is 0 Å². The van der Waals surface area contributed by atoms with Gasteiger partial charge in [-0.25, -0.2) is 14.8 Å². The third kappa shape index (κ3) is 3.63. The van der Waals surface area contributed by atoms with E-state index in [0.717, 1.165) is 0 Å². The van der Waals surface area contributed by atoms with Crippen LogP contribution in [0.25, 0.3) is 0 Å². The molecule has 0 bridgehead atoms. The highest BCUT2D eigenvalue weighted by molar-refractivity contribution is 5.87. The maximum absolute atomic E-state index is 11.4. The van der Waals surface area contributed by atoms with E-state index in [4.69, 9.17) is 4.74 Å². The highest BCUT2D eigenvalue weighted by Gasteiger charge is 2.09. The van der Waals surface area contributed by atoms with Crippen LogP contribution in [0.15, 0.2) is 12.3 Å². The summed E-state index contributed by atoms with van der Waals surface area (Å²) in [5.41, 5.74) is 0.309. The van der Waals surface area contributed by atoms with Crippen molar-refractivity contribution < 1.29 is 9.53 Å². The van der Waals surface area contributed by atoms with Crippen LogP contribution >= 0.6 is 0 Å². The Labute approximate surface area is 89.1 Å². The maximum Gasteiger partial charge on any atom is 0.357 e. The molecule has 0 aliphatic heterocycles. The van der Waals surface area contributed by atoms with Gasteiger partial charge in [-0.1, -0.05) is 0 Å². The molecule has 0 unspecified atom stereocenters. The number of hydrogen-bond acceptors (Lipinski definition) is 5. The molecule has 0 aromatic carbocycles. The van der Waals surface area contributed by atoms with Crippen LogP contribution in [0, 0.1) is 0 Å². The predicted octanol–water partition coefficient (Wildman–Crippen LogP) is 0.715. The summed E-state index contributed by atoms with van der Waals surface area (Å²) in [6.07, 6.45) is 1.57. The number of nitrogens with zero attached hydrogens (tertiary/aromatic N) is 3. The van der Waals surface area contributed by atoms with Crippen LogP contribution in [0.5, 0.6) is 0 Å². The van der Waals surface area contributed by atoms with Gasteiger partial charge in [0.25, 0.3) is 0 Å². The van der Waals surface area contributed by atoms with E-state index in [2.05, 4.69) is 9.97 Å². The summed E-state index contributed by atoms with van der Waals surface area (Å²) >= 11 is 0. The van der Waals surface area contributed by atoms with Gasteiger partial charge in [-0.2, -0.15) is 0 Å². The van der Waals surface area contributed by atoms with Crippen molar-refractivity contribution in [2.45, 2.75) is 13.5 Å². The Kier molecular flexibility index (Phi) is 4.17. The first-order valence-electron chi connectivity index (χ1n) is 4.77. The highest BCUT2D eigenvalue weighted by Crippen LogP contribution is 2.00. The van der Waals surface area contributed by atoms with Gasteiger partial charge in [-0.05, 0) is 27.1 Å². The first kappa shape index (κ1) is 11.6. The third-order valence-electron chi connectivity index (χ3n) is 1.65. The van der Waals surface area contributed by atoms with Gasteiger partial charge in [0, 0.05) is 6.20 Å². The van der Waals surface area contributed by atoms with Gasteiger partial charge >= 0.3 is 5.97 Å². The van der Waals surface area contributed by atoms with Gasteiger partial charge in [-0.3, -0.25) is 0 Å². The number of hydrogen-bond donors (Lipinski definition) is 0. The van der Waals surface area contributed by atoms with Gasteiger partial charge in [0.15, 0.2) is 5.69 Å². The Morgan fingerprint density at radius 2 is 2.27 bits per heavy atom. The zero-order valence-corrected chi connectivity index (χ0v) is 9.23. The Hall–Kier alpha value is -1.49. The first-order valence-corrected chi connectivity index (χ1v) is 4.77. The van der Waals surface area contributed by atoms with E-state index in [0.29, 0.717) is 24.7 Å². The molecule has 5 nitrogen and oxygen atoms in total. The minimum absolute atomic E-state index is 0.309. The SMILES string of the molecule is CCOC(=O)c1ccnc(CN(C)C)n1. The smallest absolute Gasteiger partial charge is 0.357 e. The molecule has 0 aliphatic carbocycles. The van der Waals surface area contributed by atoms with Crippen molar-refractivity contribution in [2.24, 2.45) is 0 Å². The summed E-state index contributed by atoms with van der Waals surface area (Å²) in [6.45, 7) is 2.72. The van der Waals surface area contributed by atoms with E-state index in [1.165, 1.54) is 0 Å². The van der Waals surface area contributed by atoms with Gasteiger partial charge < -0.3 is 9.64 Å². The Morgan fingerprint density at radius 1 is 1.53 bits per heavy atom. The molecular weight excluding hydrogens is 194 g/mol. The van der Waals surface area contributed by atoms with Crippen molar-refractivity contribution in [1.82, 2.24) is 14.9 Å². The molecule has 0 radical (unpaired) electrons. The van der Waals surface area contributed by atoms with E-state index in [-0.39, 0.29) is 0 Å². The zero-order valence-electron chi connectivity index (χ0n) is 9.23. The van der Waals surface area contributed by atoms with Crippen LogP contribution in [0.4, 0.5) is 0 Å². The molecule has 1 heterocycles. The summed E-state index contributed by atoms with van der Waals surface area (Å²) in [5, 5.41) is 0. The lowest BCUT2D eigenvalue weighted by molar-refractivity contribution is 0.0518. The molecule has 0 fully saturated rings. The monoisotopic (exact) mass is 209 g/mol. The van der Waals surface area contributed by atoms with Gasteiger partial charge in [0.1, 0.15) is 5.82 Å². The highest BCUT2D eigenvalue weighted by atomic mass is 16.5. The maximum atomic E-state index is 11.4. The molecule has 1 rings (SSSR count). The molecule has 0 atom stereocenters. The Balaban J connectivity index is 2.78. The minimum atomic E-state index is -0.403. The average molecular weight is 209 g/mol. The average Bonchev–Trinajstić information content (AvgIpc) is 2.17. The van der Waals surface area contributed by atoms with Crippen molar-refractivity contribution in [3.63, 3.8) is 0 Å². The number of rotatable bonds is 4. The molecule has 0 saturated heterocycles. The summed E-state index contributed by atoms with van der Waals surface area (Å²) in [5.74, 6) is 0.213. The molecule has 0 spiro atoms.